The summed E-state index contributed by atoms with van der Waals surface area (Å²) in [6, 6.07) is -0.377. The maximum absolute atomic E-state index is 11.7. The molecule has 1 rings (SSSR count). The largest absolute Gasteiger partial charge is 0.411 e. The van der Waals surface area contributed by atoms with Crippen LogP contribution in [0.2, 0.25) is 0 Å². The lowest BCUT2D eigenvalue weighted by Gasteiger charge is -2.09. The first kappa shape index (κ1) is 12.8. The van der Waals surface area contributed by atoms with Crippen molar-refractivity contribution in [2.45, 2.75) is 25.7 Å². The maximum atomic E-state index is 11.7. The van der Waals surface area contributed by atoms with Crippen molar-refractivity contribution in [1.29, 1.82) is 0 Å². The van der Waals surface area contributed by atoms with Crippen LogP contribution in [0.4, 0.5) is 13.2 Å². The van der Waals surface area contributed by atoms with Crippen LogP contribution in [0.5, 0.6) is 0 Å². The molecule has 0 aliphatic rings. The van der Waals surface area contributed by atoms with E-state index in [-0.39, 0.29) is 19.2 Å². The lowest BCUT2D eigenvalue weighted by Crippen LogP contribution is -2.21. The van der Waals surface area contributed by atoms with Gasteiger partial charge in [0.05, 0.1) is 19.2 Å². The Hall–Kier alpha value is -1.22. The molecule has 1 atom stereocenters. The number of hydrogen-bond acceptors (Lipinski definition) is 5. The van der Waals surface area contributed by atoms with Crippen LogP contribution >= 0.6 is 0 Å². The lowest BCUT2D eigenvalue weighted by atomic mass is 10.3. The van der Waals surface area contributed by atoms with Crippen molar-refractivity contribution in [2.24, 2.45) is 5.73 Å². The average Bonchev–Trinajstić information content (AvgIpc) is 2.58. The number of nitrogens with two attached hydrogens (primary N) is 1. The molecule has 16 heavy (non-hydrogen) atoms. The standard InChI is InChI=1S/C7H12F3N5O/c1-5(11)6-12-13-14-15(6)2-3-16-4-7(8,9)10/h5H,2-4,11H2,1H3. The van der Waals surface area contributed by atoms with Crippen LogP contribution in [0.1, 0.15) is 18.8 Å². The van der Waals surface area contributed by atoms with Crippen LogP contribution in [0, 0.1) is 0 Å². The second-order valence-electron chi connectivity index (χ2n) is 3.22. The molecule has 0 aromatic carbocycles. The van der Waals surface area contributed by atoms with E-state index in [9.17, 15) is 13.2 Å². The smallest absolute Gasteiger partial charge is 0.370 e. The molecule has 0 fully saturated rings. The Morgan fingerprint density at radius 1 is 1.50 bits per heavy atom. The summed E-state index contributed by atoms with van der Waals surface area (Å²) in [5, 5.41) is 10.6. The molecule has 0 spiro atoms. The minimum atomic E-state index is -4.31. The Morgan fingerprint density at radius 3 is 2.75 bits per heavy atom. The molecule has 6 nitrogen and oxygen atoms in total. The van der Waals surface area contributed by atoms with Gasteiger partial charge < -0.3 is 10.5 Å². The highest BCUT2D eigenvalue weighted by Crippen LogP contribution is 2.14. The van der Waals surface area contributed by atoms with Gasteiger partial charge in [-0.05, 0) is 17.4 Å². The van der Waals surface area contributed by atoms with Gasteiger partial charge in [0.1, 0.15) is 6.61 Å². The van der Waals surface area contributed by atoms with Crippen LogP contribution in [-0.2, 0) is 11.3 Å². The fourth-order valence-corrected chi connectivity index (χ4v) is 1.04. The Morgan fingerprint density at radius 2 is 2.19 bits per heavy atom. The highest BCUT2D eigenvalue weighted by Gasteiger charge is 2.27. The summed E-state index contributed by atoms with van der Waals surface area (Å²) < 4.78 is 41.0. The monoisotopic (exact) mass is 239 g/mol. The van der Waals surface area contributed by atoms with Crippen LogP contribution in [-0.4, -0.2) is 39.6 Å². The van der Waals surface area contributed by atoms with Gasteiger partial charge in [-0.3, -0.25) is 0 Å². The number of alkyl halides is 3. The van der Waals surface area contributed by atoms with Crippen LogP contribution < -0.4 is 5.73 Å². The summed E-state index contributed by atoms with van der Waals surface area (Å²) in [5.41, 5.74) is 5.55. The number of rotatable bonds is 5. The van der Waals surface area contributed by atoms with Gasteiger partial charge in [-0.1, -0.05) is 0 Å². The molecule has 9 heteroatoms. The predicted octanol–water partition coefficient (Wildman–Crippen LogP) is 0.272. The van der Waals surface area contributed by atoms with Crippen molar-refractivity contribution < 1.29 is 17.9 Å². The summed E-state index contributed by atoms with van der Waals surface area (Å²) in [5.74, 6) is 0.413. The zero-order chi connectivity index (χ0) is 12.2. The number of tetrazole rings is 1. The molecular weight excluding hydrogens is 227 g/mol. The molecule has 1 aromatic heterocycles. The van der Waals surface area contributed by atoms with Crippen LogP contribution in [0.3, 0.4) is 0 Å². The minimum Gasteiger partial charge on any atom is -0.370 e. The normalized spacial score (nSPS) is 14.1. The van der Waals surface area contributed by atoms with Crippen LogP contribution in [0.15, 0.2) is 0 Å². The van der Waals surface area contributed by atoms with E-state index < -0.39 is 12.8 Å². The Balaban J connectivity index is 2.35. The first-order valence-corrected chi connectivity index (χ1v) is 4.56. The van der Waals surface area contributed by atoms with Gasteiger partial charge in [0.25, 0.3) is 0 Å². The van der Waals surface area contributed by atoms with E-state index in [1.165, 1.54) is 4.68 Å². The van der Waals surface area contributed by atoms with Crippen molar-refractivity contribution in [3.63, 3.8) is 0 Å². The van der Waals surface area contributed by atoms with E-state index >= 15 is 0 Å². The second kappa shape index (κ2) is 5.21. The third-order valence-corrected chi connectivity index (χ3v) is 1.68. The Bertz CT molecular complexity index is 324. The molecular formula is C7H12F3N5O. The fraction of sp³-hybridized carbons (Fsp3) is 0.857. The third-order valence-electron chi connectivity index (χ3n) is 1.68. The first-order chi connectivity index (χ1) is 7.40. The average molecular weight is 239 g/mol. The summed E-state index contributed by atoms with van der Waals surface area (Å²) in [6.07, 6.45) is -4.31. The van der Waals surface area contributed by atoms with Gasteiger partial charge in [-0.2, -0.15) is 13.2 Å². The maximum Gasteiger partial charge on any atom is 0.411 e. The van der Waals surface area contributed by atoms with Crippen molar-refractivity contribution >= 4 is 0 Å². The number of nitrogens with zero attached hydrogens (tertiary/aromatic N) is 4. The molecule has 0 aliphatic heterocycles. The van der Waals surface area contributed by atoms with Gasteiger partial charge in [-0.15, -0.1) is 5.10 Å². The van der Waals surface area contributed by atoms with E-state index in [4.69, 9.17) is 5.73 Å². The van der Waals surface area contributed by atoms with E-state index in [0.29, 0.717) is 5.82 Å². The fourth-order valence-electron chi connectivity index (χ4n) is 1.04. The van der Waals surface area contributed by atoms with E-state index in [1.54, 1.807) is 6.92 Å². The summed E-state index contributed by atoms with van der Waals surface area (Å²) in [6.45, 7) is 0.422. The lowest BCUT2D eigenvalue weighted by molar-refractivity contribution is -0.174. The molecule has 1 heterocycles. The Labute approximate surface area is 89.6 Å². The predicted molar refractivity (Wildman–Crippen MR) is 47.3 cm³/mol. The zero-order valence-electron chi connectivity index (χ0n) is 8.61. The van der Waals surface area contributed by atoms with Crippen molar-refractivity contribution in [3.05, 3.63) is 5.82 Å². The molecule has 2 N–H and O–H groups in total. The molecule has 1 unspecified atom stereocenters. The summed E-state index contributed by atoms with van der Waals surface area (Å²) >= 11 is 0. The number of ether oxygens (including phenoxy) is 1. The Kier molecular flexibility index (Phi) is 4.19. The van der Waals surface area contributed by atoms with Crippen molar-refractivity contribution in [2.75, 3.05) is 13.2 Å². The summed E-state index contributed by atoms with van der Waals surface area (Å²) in [7, 11) is 0. The molecule has 0 saturated heterocycles. The molecule has 0 radical (unpaired) electrons. The van der Waals surface area contributed by atoms with Gasteiger partial charge >= 0.3 is 6.18 Å². The molecule has 0 saturated carbocycles. The number of hydrogen-bond donors (Lipinski definition) is 1. The minimum absolute atomic E-state index is 0.121. The van der Waals surface area contributed by atoms with Crippen molar-refractivity contribution in [1.82, 2.24) is 20.2 Å². The third kappa shape index (κ3) is 4.11. The number of aromatic nitrogens is 4. The quantitative estimate of drug-likeness (QED) is 0.746. The molecule has 0 bridgehead atoms. The van der Waals surface area contributed by atoms with Gasteiger partial charge in [0.2, 0.25) is 0 Å². The van der Waals surface area contributed by atoms with Gasteiger partial charge in [-0.25, -0.2) is 4.68 Å². The van der Waals surface area contributed by atoms with E-state index in [0.717, 1.165) is 0 Å². The SMILES string of the molecule is CC(N)c1nnnn1CCOCC(F)(F)F. The topological polar surface area (TPSA) is 78.9 Å². The second-order valence-corrected chi connectivity index (χ2v) is 3.22. The van der Waals surface area contributed by atoms with Gasteiger partial charge in [0, 0.05) is 0 Å². The highest BCUT2D eigenvalue weighted by molar-refractivity contribution is 4.87. The van der Waals surface area contributed by atoms with Crippen molar-refractivity contribution in [3.8, 4) is 0 Å². The van der Waals surface area contributed by atoms with Crippen LogP contribution in [0.25, 0.3) is 0 Å². The molecule has 0 amide bonds. The highest BCUT2D eigenvalue weighted by atomic mass is 19.4. The zero-order valence-corrected chi connectivity index (χ0v) is 8.61. The molecule has 0 aliphatic carbocycles. The summed E-state index contributed by atoms with van der Waals surface area (Å²) in [4.78, 5) is 0. The molecule has 1 aromatic rings. The van der Waals surface area contributed by atoms with Gasteiger partial charge in [0.15, 0.2) is 5.82 Å². The van der Waals surface area contributed by atoms with E-state index in [2.05, 4.69) is 20.3 Å². The molecule has 92 valence electrons. The van der Waals surface area contributed by atoms with E-state index in [1.807, 2.05) is 0 Å². The first-order valence-electron chi connectivity index (χ1n) is 4.56. The number of halogens is 3.